The number of hydrogen-bond acceptors (Lipinski definition) is 2. The van der Waals surface area contributed by atoms with Crippen molar-refractivity contribution < 1.29 is 4.79 Å². The van der Waals surface area contributed by atoms with Crippen LogP contribution in [-0.2, 0) is 13.0 Å². The Balaban J connectivity index is 1.91. The molecule has 2 aromatic rings. The van der Waals surface area contributed by atoms with Gasteiger partial charge in [0.1, 0.15) is 0 Å². The monoisotopic (exact) mass is 344 g/mol. The quantitative estimate of drug-likeness (QED) is 0.872. The Labute approximate surface area is 132 Å². The molecule has 0 aromatic heterocycles. The van der Waals surface area contributed by atoms with Crippen LogP contribution in [0.25, 0.3) is 0 Å². The summed E-state index contributed by atoms with van der Waals surface area (Å²) < 4.78 is 0.961. The van der Waals surface area contributed by atoms with Gasteiger partial charge in [0.25, 0.3) is 5.91 Å². The predicted molar refractivity (Wildman–Crippen MR) is 88.7 cm³/mol. The van der Waals surface area contributed by atoms with Gasteiger partial charge >= 0.3 is 0 Å². The second-order valence-corrected chi connectivity index (χ2v) is 6.20. The zero-order valence-corrected chi connectivity index (χ0v) is 13.5. The van der Waals surface area contributed by atoms with Crippen molar-refractivity contribution in [2.45, 2.75) is 19.9 Å². The average Bonchev–Trinajstić information content (AvgIpc) is 2.50. The smallest absolute Gasteiger partial charge is 0.255 e. The highest BCUT2D eigenvalue weighted by atomic mass is 79.9. The minimum Gasteiger partial charge on any atom is -0.322 e. The Morgan fingerprint density at radius 1 is 1.29 bits per heavy atom. The van der Waals surface area contributed by atoms with Crippen LogP contribution < -0.4 is 10.6 Å². The molecule has 0 atom stereocenters. The summed E-state index contributed by atoms with van der Waals surface area (Å²) in [5.74, 6) is -0.0325. The lowest BCUT2D eigenvalue weighted by atomic mass is 9.95. The van der Waals surface area contributed by atoms with Gasteiger partial charge in [0, 0.05) is 22.3 Å². The van der Waals surface area contributed by atoms with Gasteiger partial charge in [-0.3, -0.25) is 4.79 Å². The van der Waals surface area contributed by atoms with Gasteiger partial charge in [-0.25, -0.2) is 0 Å². The van der Waals surface area contributed by atoms with Crippen molar-refractivity contribution in [3.8, 4) is 0 Å². The van der Waals surface area contributed by atoms with Crippen LogP contribution in [0.3, 0.4) is 0 Å². The van der Waals surface area contributed by atoms with Gasteiger partial charge in [0.15, 0.2) is 0 Å². The van der Waals surface area contributed by atoms with Crippen molar-refractivity contribution in [3.05, 3.63) is 63.1 Å². The molecule has 0 unspecified atom stereocenters. The first-order valence-electron chi connectivity index (χ1n) is 7.04. The molecule has 0 spiro atoms. The predicted octanol–water partition coefficient (Wildman–Crippen LogP) is 3.66. The first-order valence-corrected chi connectivity index (χ1v) is 7.83. The number of nitrogens with one attached hydrogen (secondary N) is 2. The van der Waals surface area contributed by atoms with Crippen LogP contribution >= 0.6 is 15.9 Å². The summed E-state index contributed by atoms with van der Waals surface area (Å²) >= 11 is 3.44. The topological polar surface area (TPSA) is 41.1 Å². The number of aryl methyl sites for hydroxylation is 1. The van der Waals surface area contributed by atoms with Crippen molar-refractivity contribution in [1.82, 2.24) is 5.32 Å². The molecular weight excluding hydrogens is 328 g/mol. The zero-order chi connectivity index (χ0) is 14.8. The molecule has 4 heteroatoms. The van der Waals surface area contributed by atoms with Crippen molar-refractivity contribution >= 4 is 27.5 Å². The summed E-state index contributed by atoms with van der Waals surface area (Å²) in [4.78, 5) is 12.6. The molecule has 2 aromatic carbocycles. The molecule has 3 rings (SSSR count). The highest BCUT2D eigenvalue weighted by molar-refractivity contribution is 9.10. The molecule has 21 heavy (non-hydrogen) atoms. The summed E-state index contributed by atoms with van der Waals surface area (Å²) in [7, 11) is 0. The van der Waals surface area contributed by atoms with E-state index >= 15 is 0 Å². The lowest BCUT2D eigenvalue weighted by molar-refractivity contribution is 0.102. The molecule has 1 aliphatic rings. The lowest BCUT2D eigenvalue weighted by Crippen LogP contribution is -2.26. The Kier molecular flexibility index (Phi) is 4.08. The minimum absolute atomic E-state index is 0.0325. The van der Waals surface area contributed by atoms with Gasteiger partial charge in [0.05, 0.1) is 0 Å². The Morgan fingerprint density at radius 2 is 2.14 bits per heavy atom. The second kappa shape index (κ2) is 6.00. The van der Waals surface area contributed by atoms with Gasteiger partial charge in [-0.2, -0.15) is 0 Å². The van der Waals surface area contributed by atoms with Crippen LogP contribution in [0.1, 0.15) is 27.0 Å². The molecule has 3 nitrogen and oxygen atoms in total. The van der Waals surface area contributed by atoms with Crippen LogP contribution in [0.4, 0.5) is 5.69 Å². The summed E-state index contributed by atoms with van der Waals surface area (Å²) in [5, 5.41) is 6.36. The Morgan fingerprint density at radius 3 is 3.00 bits per heavy atom. The van der Waals surface area contributed by atoms with Crippen LogP contribution in [0, 0.1) is 6.92 Å². The largest absolute Gasteiger partial charge is 0.322 e. The summed E-state index contributed by atoms with van der Waals surface area (Å²) in [5.41, 5.74) is 5.08. The SMILES string of the molecule is Cc1ccc(Br)cc1NC(=O)c1cccc2c1CCNC2. The number of carbonyl (C=O) groups excluding carboxylic acids is 1. The van der Waals surface area contributed by atoms with Crippen LogP contribution in [0.15, 0.2) is 40.9 Å². The fourth-order valence-electron chi connectivity index (χ4n) is 2.66. The molecule has 1 amide bonds. The highest BCUT2D eigenvalue weighted by Gasteiger charge is 2.17. The van der Waals surface area contributed by atoms with E-state index in [1.165, 1.54) is 11.1 Å². The lowest BCUT2D eigenvalue weighted by Gasteiger charge is -2.20. The second-order valence-electron chi connectivity index (χ2n) is 5.28. The fourth-order valence-corrected chi connectivity index (χ4v) is 3.02. The van der Waals surface area contributed by atoms with Gasteiger partial charge in [-0.1, -0.05) is 34.1 Å². The number of benzene rings is 2. The number of anilines is 1. The molecule has 0 radical (unpaired) electrons. The van der Waals surface area contributed by atoms with E-state index in [0.29, 0.717) is 0 Å². The van der Waals surface area contributed by atoms with E-state index < -0.39 is 0 Å². The third kappa shape index (κ3) is 3.01. The minimum atomic E-state index is -0.0325. The maximum absolute atomic E-state index is 12.6. The molecular formula is C17H17BrN2O. The molecule has 1 aliphatic heterocycles. The molecule has 108 valence electrons. The standard InChI is InChI=1S/C17H17BrN2O/c1-11-5-6-13(18)9-16(11)20-17(21)15-4-2-3-12-10-19-8-7-14(12)15/h2-6,9,19H,7-8,10H2,1H3,(H,20,21). The number of halogens is 1. The van der Waals surface area contributed by atoms with Gasteiger partial charge in [-0.15, -0.1) is 0 Å². The van der Waals surface area contributed by atoms with E-state index in [2.05, 4.69) is 32.6 Å². The van der Waals surface area contributed by atoms with Crippen molar-refractivity contribution in [2.75, 3.05) is 11.9 Å². The summed E-state index contributed by atoms with van der Waals surface area (Å²) in [6, 6.07) is 11.8. The number of rotatable bonds is 2. The molecule has 0 saturated carbocycles. The van der Waals surface area contributed by atoms with Crippen LogP contribution in [-0.4, -0.2) is 12.5 Å². The average molecular weight is 345 g/mol. The molecule has 1 heterocycles. The molecule has 0 aliphatic carbocycles. The van der Waals surface area contributed by atoms with Crippen LogP contribution in [0.2, 0.25) is 0 Å². The number of hydrogen-bond donors (Lipinski definition) is 2. The van der Waals surface area contributed by atoms with Gasteiger partial charge < -0.3 is 10.6 Å². The van der Waals surface area contributed by atoms with E-state index in [1.807, 2.05) is 37.3 Å². The van der Waals surface area contributed by atoms with Crippen LogP contribution in [0.5, 0.6) is 0 Å². The number of amides is 1. The highest BCUT2D eigenvalue weighted by Crippen LogP contribution is 2.23. The number of carbonyl (C=O) groups is 1. The fraction of sp³-hybridized carbons (Fsp3) is 0.235. The first kappa shape index (κ1) is 14.3. The van der Waals surface area contributed by atoms with E-state index in [1.54, 1.807) is 0 Å². The van der Waals surface area contributed by atoms with Crippen molar-refractivity contribution in [3.63, 3.8) is 0 Å². The maximum Gasteiger partial charge on any atom is 0.255 e. The third-order valence-electron chi connectivity index (χ3n) is 3.83. The van der Waals surface area contributed by atoms with E-state index in [0.717, 1.165) is 40.8 Å². The number of fused-ring (bicyclic) bond motifs is 1. The van der Waals surface area contributed by atoms with Gasteiger partial charge in [-0.05, 0) is 54.8 Å². The maximum atomic E-state index is 12.6. The summed E-state index contributed by atoms with van der Waals surface area (Å²) in [6.07, 6.45) is 0.899. The molecule has 0 saturated heterocycles. The molecule has 0 bridgehead atoms. The summed E-state index contributed by atoms with van der Waals surface area (Å²) in [6.45, 7) is 3.76. The first-order chi connectivity index (χ1) is 10.1. The third-order valence-corrected chi connectivity index (χ3v) is 4.33. The Bertz CT molecular complexity index is 697. The van der Waals surface area contributed by atoms with Crippen molar-refractivity contribution in [2.24, 2.45) is 0 Å². The molecule has 2 N–H and O–H groups in total. The normalized spacial score (nSPS) is 13.6. The van der Waals surface area contributed by atoms with E-state index in [4.69, 9.17) is 0 Å². The Hall–Kier alpha value is -1.65. The van der Waals surface area contributed by atoms with E-state index in [-0.39, 0.29) is 5.91 Å². The van der Waals surface area contributed by atoms with E-state index in [9.17, 15) is 4.79 Å². The molecule has 0 fully saturated rings. The van der Waals surface area contributed by atoms with Gasteiger partial charge in [0.2, 0.25) is 0 Å². The van der Waals surface area contributed by atoms with Crippen molar-refractivity contribution in [1.29, 1.82) is 0 Å². The zero-order valence-electron chi connectivity index (χ0n) is 11.9.